The Bertz CT molecular complexity index is 1010. The zero-order chi connectivity index (χ0) is 22.3. The average Bonchev–Trinajstić information content (AvgIpc) is 2.72. The molecule has 2 aromatic heterocycles. The van der Waals surface area contributed by atoms with Crippen molar-refractivity contribution in [2.75, 3.05) is 0 Å². The van der Waals surface area contributed by atoms with Crippen LogP contribution in [0.1, 0.15) is 31.8 Å². The quantitative estimate of drug-likeness (QED) is 0.528. The maximum absolute atomic E-state index is 12.4. The van der Waals surface area contributed by atoms with Gasteiger partial charge in [0.05, 0.1) is 0 Å². The number of hydrogen-bond acceptors (Lipinski definition) is 10. The summed E-state index contributed by atoms with van der Waals surface area (Å²) in [5, 5.41) is 20.7. The monoisotopic (exact) mass is 423 g/mol. The van der Waals surface area contributed by atoms with Crippen molar-refractivity contribution in [3.05, 3.63) is 56.6 Å². The highest BCUT2D eigenvalue weighted by Gasteiger charge is 2.28. The van der Waals surface area contributed by atoms with Crippen LogP contribution in [0.15, 0.2) is 43.1 Å². The topological polar surface area (TPSA) is 166 Å². The summed E-state index contributed by atoms with van der Waals surface area (Å²) in [6.45, 7) is 2.74. The van der Waals surface area contributed by atoms with Gasteiger partial charge in [-0.2, -0.15) is 0 Å². The molecule has 0 aliphatic carbocycles. The molecular weight excluding hydrogens is 402 g/mol. The molecule has 2 heterocycles. The minimum absolute atomic E-state index is 0.00187. The van der Waals surface area contributed by atoms with Gasteiger partial charge in [-0.25, -0.2) is 9.59 Å². The number of aromatic hydroxyl groups is 2. The number of nitrogens with one attached hydrogen (secondary N) is 1. The van der Waals surface area contributed by atoms with Crippen molar-refractivity contribution in [1.82, 2.24) is 5.32 Å². The van der Waals surface area contributed by atoms with Gasteiger partial charge in [0.1, 0.15) is 36.7 Å². The highest BCUT2D eigenvalue weighted by Crippen LogP contribution is 2.12. The van der Waals surface area contributed by atoms with E-state index < -0.39 is 47.1 Å². The molecule has 11 heteroatoms. The van der Waals surface area contributed by atoms with Crippen LogP contribution < -0.4 is 16.2 Å². The van der Waals surface area contributed by atoms with E-state index in [4.69, 9.17) is 28.5 Å². The first-order chi connectivity index (χ1) is 14.2. The van der Waals surface area contributed by atoms with Gasteiger partial charge in [0.15, 0.2) is 18.1 Å². The minimum atomic E-state index is -1.06. The highest BCUT2D eigenvalue weighted by atomic mass is 16.6. The van der Waals surface area contributed by atoms with Crippen LogP contribution in [0.4, 0.5) is 4.79 Å². The van der Waals surface area contributed by atoms with E-state index in [0.717, 1.165) is 24.7 Å². The number of esters is 1. The summed E-state index contributed by atoms with van der Waals surface area (Å²) in [6, 6.07) is 0.890. The molecule has 0 bridgehead atoms. The SMILES string of the molecule is CC[C@H](C)[C@H](NC(=O)OCc1cc(=O)c(O)co1)C(=O)OCc1cc(=O)c(O)co1. The number of carbonyl (C=O) groups excluding carboxylic acids is 2. The molecule has 0 aliphatic heterocycles. The Labute approximate surface area is 169 Å². The molecule has 2 atom stereocenters. The normalized spacial score (nSPS) is 12.6. The molecule has 0 aromatic carbocycles. The second kappa shape index (κ2) is 10.1. The Balaban J connectivity index is 1.96. The first-order valence-electron chi connectivity index (χ1n) is 8.92. The summed E-state index contributed by atoms with van der Waals surface area (Å²) >= 11 is 0. The number of alkyl carbamates (subject to hydrolysis) is 1. The van der Waals surface area contributed by atoms with E-state index in [1.807, 2.05) is 6.92 Å². The third kappa shape index (κ3) is 6.12. The lowest BCUT2D eigenvalue weighted by molar-refractivity contribution is -0.149. The molecule has 0 aliphatic rings. The van der Waals surface area contributed by atoms with Gasteiger partial charge in [-0.1, -0.05) is 20.3 Å². The van der Waals surface area contributed by atoms with Crippen molar-refractivity contribution in [3.8, 4) is 11.5 Å². The van der Waals surface area contributed by atoms with Crippen LogP contribution in [-0.4, -0.2) is 28.3 Å². The number of ether oxygens (including phenoxy) is 2. The van der Waals surface area contributed by atoms with Gasteiger partial charge < -0.3 is 33.8 Å². The Hall–Kier alpha value is -3.76. The molecule has 0 unspecified atom stereocenters. The summed E-state index contributed by atoms with van der Waals surface area (Å²) in [4.78, 5) is 47.2. The third-order valence-corrected chi connectivity index (χ3v) is 4.18. The number of hydrogen-bond donors (Lipinski definition) is 3. The first kappa shape index (κ1) is 22.5. The maximum atomic E-state index is 12.4. The Morgan fingerprint density at radius 2 is 1.50 bits per heavy atom. The summed E-state index contributed by atoms with van der Waals surface area (Å²) in [7, 11) is 0. The molecule has 30 heavy (non-hydrogen) atoms. The largest absolute Gasteiger partial charge is 0.502 e. The molecule has 0 radical (unpaired) electrons. The Kier molecular flexibility index (Phi) is 7.62. The predicted octanol–water partition coefficient (Wildman–Crippen LogP) is 1.39. The molecule has 3 N–H and O–H groups in total. The maximum Gasteiger partial charge on any atom is 0.408 e. The van der Waals surface area contributed by atoms with Crippen LogP contribution in [-0.2, 0) is 27.5 Å². The van der Waals surface area contributed by atoms with Gasteiger partial charge in [0, 0.05) is 12.1 Å². The van der Waals surface area contributed by atoms with E-state index in [2.05, 4.69) is 5.32 Å². The molecular formula is C19H21NO10. The Morgan fingerprint density at radius 3 is 1.97 bits per heavy atom. The Morgan fingerprint density at radius 1 is 1.00 bits per heavy atom. The van der Waals surface area contributed by atoms with Crippen molar-refractivity contribution in [2.45, 2.75) is 39.5 Å². The van der Waals surface area contributed by atoms with E-state index in [1.54, 1.807) is 6.92 Å². The van der Waals surface area contributed by atoms with Gasteiger partial charge in [-0.05, 0) is 5.92 Å². The molecule has 1 amide bonds. The molecule has 162 valence electrons. The second-order valence-corrected chi connectivity index (χ2v) is 6.38. The van der Waals surface area contributed by atoms with Gasteiger partial charge in [0.25, 0.3) is 0 Å². The van der Waals surface area contributed by atoms with Crippen LogP contribution in [0.3, 0.4) is 0 Å². The molecule has 2 rings (SSSR count). The molecule has 0 fully saturated rings. The van der Waals surface area contributed by atoms with E-state index in [0.29, 0.717) is 6.42 Å². The van der Waals surface area contributed by atoms with Crippen molar-refractivity contribution in [2.24, 2.45) is 5.92 Å². The fourth-order valence-corrected chi connectivity index (χ4v) is 2.25. The summed E-state index contributed by atoms with van der Waals surface area (Å²) < 4.78 is 19.9. The van der Waals surface area contributed by atoms with Crippen molar-refractivity contribution < 1.29 is 38.1 Å². The molecule has 0 spiro atoms. The summed E-state index contributed by atoms with van der Waals surface area (Å²) in [6.07, 6.45) is 1.22. The van der Waals surface area contributed by atoms with E-state index in [-0.39, 0.29) is 24.0 Å². The van der Waals surface area contributed by atoms with Gasteiger partial charge in [-0.3, -0.25) is 9.59 Å². The van der Waals surface area contributed by atoms with Crippen LogP contribution in [0.5, 0.6) is 11.5 Å². The van der Waals surface area contributed by atoms with Gasteiger partial charge in [0.2, 0.25) is 10.9 Å². The molecule has 0 saturated carbocycles. The number of amides is 1. The van der Waals surface area contributed by atoms with Crippen LogP contribution in [0.2, 0.25) is 0 Å². The number of rotatable bonds is 8. The minimum Gasteiger partial charge on any atom is -0.502 e. The molecule has 11 nitrogen and oxygen atoms in total. The smallest absolute Gasteiger partial charge is 0.408 e. The van der Waals surface area contributed by atoms with Crippen LogP contribution in [0, 0.1) is 5.92 Å². The fraction of sp³-hybridized carbons (Fsp3) is 0.368. The zero-order valence-corrected chi connectivity index (χ0v) is 16.2. The summed E-state index contributed by atoms with van der Waals surface area (Å²) in [5.41, 5.74) is -1.38. The first-order valence-corrected chi connectivity index (χ1v) is 8.92. The fourth-order valence-electron chi connectivity index (χ4n) is 2.25. The summed E-state index contributed by atoms with van der Waals surface area (Å²) in [5.74, 6) is -2.24. The number of carbonyl (C=O) groups is 2. The van der Waals surface area contributed by atoms with Crippen molar-refractivity contribution in [3.63, 3.8) is 0 Å². The lowest BCUT2D eigenvalue weighted by atomic mass is 9.99. The van der Waals surface area contributed by atoms with Crippen LogP contribution >= 0.6 is 0 Å². The lowest BCUT2D eigenvalue weighted by Gasteiger charge is -2.22. The van der Waals surface area contributed by atoms with Crippen LogP contribution in [0.25, 0.3) is 0 Å². The third-order valence-electron chi connectivity index (χ3n) is 4.18. The lowest BCUT2D eigenvalue weighted by Crippen LogP contribution is -2.46. The van der Waals surface area contributed by atoms with E-state index in [9.17, 15) is 19.2 Å². The van der Waals surface area contributed by atoms with Crippen molar-refractivity contribution in [1.29, 1.82) is 0 Å². The van der Waals surface area contributed by atoms with Gasteiger partial charge >= 0.3 is 12.1 Å². The van der Waals surface area contributed by atoms with E-state index in [1.165, 1.54) is 0 Å². The zero-order valence-electron chi connectivity index (χ0n) is 16.2. The van der Waals surface area contributed by atoms with E-state index >= 15 is 0 Å². The predicted molar refractivity (Wildman–Crippen MR) is 99.6 cm³/mol. The standard InChI is InChI=1S/C19H21NO10/c1-3-10(2)17(18(25)29-6-11-4-13(21)15(23)8-27-11)20-19(26)30-7-12-5-14(22)16(24)9-28-12/h4-5,8-10,17,23-24H,3,6-7H2,1-2H3,(H,20,26)/t10-,17-/m0/s1. The van der Waals surface area contributed by atoms with Gasteiger partial charge in [-0.15, -0.1) is 0 Å². The average molecular weight is 423 g/mol. The molecule has 0 saturated heterocycles. The highest BCUT2D eigenvalue weighted by molar-refractivity contribution is 5.81. The second-order valence-electron chi connectivity index (χ2n) is 6.38. The van der Waals surface area contributed by atoms with Crippen molar-refractivity contribution >= 4 is 12.1 Å². The molecule has 2 aromatic rings.